The van der Waals surface area contributed by atoms with E-state index in [0.717, 1.165) is 11.8 Å². The summed E-state index contributed by atoms with van der Waals surface area (Å²) < 4.78 is 26.2. The highest BCUT2D eigenvalue weighted by Gasteiger charge is 2.31. The molecule has 3 rings (SSSR count). The van der Waals surface area contributed by atoms with Crippen LogP contribution in [0.5, 0.6) is 0 Å². The van der Waals surface area contributed by atoms with Gasteiger partial charge in [0.25, 0.3) is 0 Å². The molecule has 3 aromatic rings. The molecule has 2 amide bonds. The fourth-order valence-corrected chi connectivity index (χ4v) is 5.79. The zero-order chi connectivity index (χ0) is 28.6. The fraction of sp³-hybridized carbons (Fsp3) is 0.286. The van der Waals surface area contributed by atoms with Gasteiger partial charge in [-0.05, 0) is 48.4 Å². The van der Waals surface area contributed by atoms with Crippen LogP contribution < -0.4 is 9.62 Å². The molecule has 0 spiro atoms. The van der Waals surface area contributed by atoms with Crippen molar-refractivity contribution in [2.75, 3.05) is 24.2 Å². The number of benzene rings is 3. The fourth-order valence-electron chi connectivity index (χ4n) is 4.19. The summed E-state index contributed by atoms with van der Waals surface area (Å²) >= 11 is 18.8. The van der Waals surface area contributed by atoms with E-state index in [0.29, 0.717) is 26.3 Å². The Morgan fingerprint density at radius 2 is 1.51 bits per heavy atom. The predicted octanol–water partition coefficient (Wildman–Crippen LogP) is 5.58. The molecule has 0 saturated heterocycles. The van der Waals surface area contributed by atoms with E-state index in [9.17, 15) is 18.0 Å². The van der Waals surface area contributed by atoms with Gasteiger partial charge in [0, 0.05) is 53.6 Å². The lowest BCUT2D eigenvalue weighted by Crippen LogP contribution is -2.50. The third-order valence-corrected chi connectivity index (χ3v) is 8.33. The van der Waals surface area contributed by atoms with Gasteiger partial charge >= 0.3 is 0 Å². The van der Waals surface area contributed by atoms with Crippen LogP contribution in [-0.2, 0) is 32.6 Å². The van der Waals surface area contributed by atoms with Gasteiger partial charge in [-0.15, -0.1) is 0 Å². The van der Waals surface area contributed by atoms with Crippen molar-refractivity contribution in [3.05, 3.63) is 99.0 Å². The van der Waals surface area contributed by atoms with Crippen LogP contribution in [0.1, 0.15) is 24.0 Å². The van der Waals surface area contributed by atoms with Crippen molar-refractivity contribution in [2.45, 2.75) is 31.8 Å². The molecule has 0 aromatic heterocycles. The zero-order valence-electron chi connectivity index (χ0n) is 21.6. The van der Waals surface area contributed by atoms with E-state index in [1.54, 1.807) is 42.5 Å². The Bertz CT molecular complexity index is 1370. The van der Waals surface area contributed by atoms with Crippen molar-refractivity contribution in [1.29, 1.82) is 0 Å². The van der Waals surface area contributed by atoms with Gasteiger partial charge in [0.1, 0.15) is 6.04 Å². The molecule has 0 aliphatic carbocycles. The number of nitrogens with zero attached hydrogens (tertiary/aromatic N) is 2. The van der Waals surface area contributed by atoms with Crippen LogP contribution >= 0.6 is 34.8 Å². The lowest BCUT2D eigenvalue weighted by atomic mass is 10.0. The van der Waals surface area contributed by atoms with Crippen LogP contribution in [-0.4, -0.2) is 51.0 Å². The molecule has 3 aromatic carbocycles. The topological polar surface area (TPSA) is 86.8 Å². The SMILES string of the molecule is CNC(=O)C(Cc1ccccc1)N(Cc1c(Cl)cccc1Cl)C(=O)CCCN(c1ccc(Cl)cc1)S(C)(=O)=O. The van der Waals surface area contributed by atoms with E-state index in [1.807, 2.05) is 30.3 Å². The van der Waals surface area contributed by atoms with Crippen LogP contribution in [0, 0.1) is 0 Å². The smallest absolute Gasteiger partial charge is 0.242 e. The normalized spacial score (nSPS) is 12.0. The quantitative estimate of drug-likeness (QED) is 0.290. The maximum atomic E-state index is 13.7. The molecule has 0 aliphatic rings. The molecule has 0 saturated carbocycles. The van der Waals surface area contributed by atoms with Gasteiger partial charge in [0.15, 0.2) is 0 Å². The Labute approximate surface area is 244 Å². The first-order valence-corrected chi connectivity index (χ1v) is 15.2. The van der Waals surface area contributed by atoms with Crippen LogP contribution in [0.4, 0.5) is 5.69 Å². The lowest BCUT2D eigenvalue weighted by molar-refractivity contribution is -0.141. The number of anilines is 1. The molecule has 0 aliphatic heterocycles. The molecular weight excluding hydrogens is 581 g/mol. The highest BCUT2D eigenvalue weighted by Crippen LogP contribution is 2.28. The molecule has 0 radical (unpaired) electrons. The third-order valence-electron chi connectivity index (χ3n) is 6.17. The minimum atomic E-state index is -3.62. The van der Waals surface area contributed by atoms with E-state index in [2.05, 4.69) is 5.32 Å². The van der Waals surface area contributed by atoms with Gasteiger partial charge in [-0.2, -0.15) is 0 Å². The van der Waals surface area contributed by atoms with Gasteiger partial charge in [-0.1, -0.05) is 71.2 Å². The van der Waals surface area contributed by atoms with Crippen molar-refractivity contribution < 1.29 is 18.0 Å². The second-order valence-electron chi connectivity index (χ2n) is 8.96. The monoisotopic (exact) mass is 609 g/mol. The molecule has 0 fully saturated rings. The van der Waals surface area contributed by atoms with Gasteiger partial charge in [-0.3, -0.25) is 13.9 Å². The molecule has 1 N–H and O–H groups in total. The van der Waals surface area contributed by atoms with Crippen molar-refractivity contribution in [3.63, 3.8) is 0 Å². The van der Waals surface area contributed by atoms with Gasteiger partial charge in [0.05, 0.1) is 11.9 Å². The third kappa shape index (κ3) is 8.60. The predicted molar refractivity (Wildman–Crippen MR) is 158 cm³/mol. The zero-order valence-corrected chi connectivity index (χ0v) is 24.7. The van der Waals surface area contributed by atoms with E-state index in [1.165, 1.54) is 16.3 Å². The van der Waals surface area contributed by atoms with E-state index in [4.69, 9.17) is 34.8 Å². The van der Waals surface area contributed by atoms with Crippen LogP contribution in [0.3, 0.4) is 0 Å². The first-order chi connectivity index (χ1) is 18.5. The number of rotatable bonds is 12. The molecule has 0 bridgehead atoms. The summed E-state index contributed by atoms with van der Waals surface area (Å²) in [7, 11) is -2.10. The minimum Gasteiger partial charge on any atom is -0.357 e. The number of sulfonamides is 1. The molecule has 39 heavy (non-hydrogen) atoms. The summed E-state index contributed by atoms with van der Waals surface area (Å²) in [4.78, 5) is 28.3. The van der Waals surface area contributed by atoms with Crippen molar-refractivity contribution >= 4 is 62.3 Å². The van der Waals surface area contributed by atoms with E-state index in [-0.39, 0.29) is 44.2 Å². The molecule has 11 heteroatoms. The molecule has 208 valence electrons. The summed E-state index contributed by atoms with van der Waals surface area (Å²) in [6, 6.07) is 20.0. The standard InChI is InChI=1S/C28H30Cl3N3O4S/c1-32-28(36)26(18-20-8-4-3-5-9-20)33(19-23-24(30)10-6-11-25(23)31)27(35)12-7-17-34(39(2,37)38)22-15-13-21(29)14-16-22/h3-6,8-11,13-16,26H,7,12,17-19H2,1-2H3,(H,32,36). The minimum absolute atomic E-state index is 0.00916. The second kappa shape index (κ2) is 14.0. The number of nitrogens with one attached hydrogen (secondary N) is 1. The first-order valence-electron chi connectivity index (χ1n) is 12.2. The van der Waals surface area contributed by atoms with Crippen LogP contribution in [0.2, 0.25) is 15.1 Å². The van der Waals surface area contributed by atoms with E-state index >= 15 is 0 Å². The van der Waals surface area contributed by atoms with Crippen molar-refractivity contribution in [1.82, 2.24) is 10.2 Å². The molecule has 0 heterocycles. The Balaban J connectivity index is 1.88. The number of halogens is 3. The highest BCUT2D eigenvalue weighted by molar-refractivity contribution is 7.92. The first kappa shape index (κ1) is 30.8. The molecule has 1 unspecified atom stereocenters. The Morgan fingerprint density at radius 1 is 0.897 bits per heavy atom. The lowest BCUT2D eigenvalue weighted by Gasteiger charge is -2.32. The average molecular weight is 611 g/mol. The molecular formula is C28H30Cl3N3O4S. The van der Waals surface area contributed by atoms with Crippen molar-refractivity contribution in [3.8, 4) is 0 Å². The summed E-state index contributed by atoms with van der Waals surface area (Å²) in [5, 5.41) is 3.89. The van der Waals surface area contributed by atoms with Gasteiger partial charge in [-0.25, -0.2) is 8.42 Å². The second-order valence-corrected chi connectivity index (χ2v) is 12.1. The van der Waals surface area contributed by atoms with Gasteiger partial charge in [0.2, 0.25) is 21.8 Å². The number of amides is 2. The number of hydrogen-bond acceptors (Lipinski definition) is 4. The largest absolute Gasteiger partial charge is 0.357 e. The van der Waals surface area contributed by atoms with E-state index < -0.39 is 16.1 Å². The summed E-state index contributed by atoms with van der Waals surface area (Å²) in [5.74, 6) is -0.672. The number of carbonyl (C=O) groups is 2. The highest BCUT2D eigenvalue weighted by atomic mass is 35.5. The van der Waals surface area contributed by atoms with Crippen LogP contribution in [0.25, 0.3) is 0 Å². The summed E-state index contributed by atoms with van der Waals surface area (Å²) in [5.41, 5.74) is 1.84. The maximum Gasteiger partial charge on any atom is 0.242 e. The van der Waals surface area contributed by atoms with Crippen molar-refractivity contribution in [2.24, 2.45) is 0 Å². The maximum absolute atomic E-state index is 13.7. The Kier molecular flexibility index (Phi) is 11.1. The number of carbonyl (C=O) groups excluding carboxylic acids is 2. The molecule has 1 atom stereocenters. The summed E-state index contributed by atoms with van der Waals surface area (Å²) in [6.07, 6.45) is 1.59. The number of hydrogen-bond donors (Lipinski definition) is 1. The van der Waals surface area contributed by atoms with Gasteiger partial charge < -0.3 is 10.2 Å². The summed E-state index contributed by atoms with van der Waals surface area (Å²) in [6.45, 7) is 0.0749. The average Bonchev–Trinajstić information content (AvgIpc) is 2.90. The molecule has 7 nitrogen and oxygen atoms in total. The number of likely N-dealkylation sites (N-methyl/N-ethyl adjacent to an activating group) is 1. The Morgan fingerprint density at radius 3 is 2.08 bits per heavy atom. The Hall–Kier alpha value is -2.78. The van der Waals surface area contributed by atoms with Crippen LogP contribution in [0.15, 0.2) is 72.8 Å².